The molecule has 2 nitrogen and oxygen atoms in total. The molecule has 0 saturated carbocycles. The minimum Gasteiger partial charge on any atom is -0.383 e. The lowest BCUT2D eigenvalue weighted by Crippen LogP contribution is -2.13. The van der Waals surface area contributed by atoms with Crippen LogP contribution >= 0.6 is 0 Å². The molecule has 5 aromatic rings. The number of hydrogen-bond donors (Lipinski definition) is 1. The third-order valence-corrected chi connectivity index (χ3v) is 6.43. The molecule has 2 N–H and O–H groups in total. The molecule has 5 aromatic carbocycles. The molecule has 0 amide bonds. The zero-order chi connectivity index (χ0) is 24.2. The summed E-state index contributed by atoms with van der Waals surface area (Å²) < 4.78 is 0. The SMILES string of the molecule is C=CCc1c2ccccc2c(/C(=C/C)N=C(N)c2ccccc2)c2ccc(-c3ccccc3)cc12. The molecule has 0 aliphatic heterocycles. The third kappa shape index (κ3) is 4.27. The topological polar surface area (TPSA) is 38.4 Å². The second-order valence-electron chi connectivity index (χ2n) is 8.56. The van der Waals surface area contributed by atoms with E-state index in [2.05, 4.69) is 79.4 Å². The number of allylic oxidation sites excluding steroid dienone is 2. The summed E-state index contributed by atoms with van der Waals surface area (Å²) in [7, 11) is 0. The smallest absolute Gasteiger partial charge is 0.131 e. The van der Waals surface area contributed by atoms with Crippen molar-refractivity contribution in [3.05, 3.63) is 139 Å². The normalized spacial score (nSPS) is 12.3. The first-order valence-corrected chi connectivity index (χ1v) is 11.9. The largest absolute Gasteiger partial charge is 0.383 e. The van der Waals surface area contributed by atoms with Crippen molar-refractivity contribution in [2.45, 2.75) is 13.3 Å². The summed E-state index contributed by atoms with van der Waals surface area (Å²) in [5.41, 5.74) is 13.0. The molecular formula is C33H28N2. The predicted molar refractivity (Wildman–Crippen MR) is 152 cm³/mol. The van der Waals surface area contributed by atoms with Crippen molar-refractivity contribution in [1.82, 2.24) is 0 Å². The van der Waals surface area contributed by atoms with Gasteiger partial charge in [-0.3, -0.25) is 0 Å². The van der Waals surface area contributed by atoms with Gasteiger partial charge in [0.2, 0.25) is 0 Å². The molecule has 0 unspecified atom stereocenters. The fraction of sp³-hybridized carbons (Fsp3) is 0.0606. The van der Waals surface area contributed by atoms with Crippen LogP contribution in [0.2, 0.25) is 0 Å². The van der Waals surface area contributed by atoms with E-state index in [1.54, 1.807) is 0 Å². The molecule has 0 heterocycles. The van der Waals surface area contributed by atoms with E-state index in [1.807, 2.05) is 49.4 Å². The fourth-order valence-corrected chi connectivity index (χ4v) is 4.78. The zero-order valence-electron chi connectivity index (χ0n) is 19.9. The average molecular weight is 453 g/mol. The van der Waals surface area contributed by atoms with Gasteiger partial charge in [-0.1, -0.05) is 109 Å². The van der Waals surface area contributed by atoms with Crippen LogP contribution in [0.4, 0.5) is 0 Å². The molecule has 0 aromatic heterocycles. The van der Waals surface area contributed by atoms with Gasteiger partial charge < -0.3 is 5.73 Å². The van der Waals surface area contributed by atoms with E-state index < -0.39 is 0 Å². The maximum Gasteiger partial charge on any atom is 0.131 e. The summed E-state index contributed by atoms with van der Waals surface area (Å²) in [6.07, 6.45) is 4.82. The molecule has 2 heteroatoms. The number of nitrogens with two attached hydrogens (primary N) is 1. The van der Waals surface area contributed by atoms with E-state index in [4.69, 9.17) is 10.7 Å². The van der Waals surface area contributed by atoms with Crippen molar-refractivity contribution in [1.29, 1.82) is 0 Å². The minimum atomic E-state index is 0.506. The number of aliphatic imine (C=N–C) groups is 1. The van der Waals surface area contributed by atoms with Crippen molar-refractivity contribution < 1.29 is 0 Å². The number of nitrogens with zero attached hydrogens (tertiary/aromatic N) is 1. The average Bonchev–Trinajstić information content (AvgIpc) is 2.92. The van der Waals surface area contributed by atoms with E-state index in [1.165, 1.54) is 32.8 Å². The van der Waals surface area contributed by atoms with Gasteiger partial charge in [0.15, 0.2) is 0 Å². The number of rotatable bonds is 6. The first kappa shape index (κ1) is 22.4. The molecule has 0 radical (unpaired) electrons. The van der Waals surface area contributed by atoms with E-state index in [-0.39, 0.29) is 0 Å². The Morgan fingerprint density at radius 3 is 2.06 bits per heavy atom. The van der Waals surface area contributed by atoms with Crippen LogP contribution in [0.3, 0.4) is 0 Å². The van der Waals surface area contributed by atoms with Crippen LogP contribution in [0.5, 0.6) is 0 Å². The number of hydrogen-bond acceptors (Lipinski definition) is 1. The highest BCUT2D eigenvalue weighted by molar-refractivity contribution is 6.13. The Bertz CT molecular complexity index is 1580. The second kappa shape index (κ2) is 9.82. The maximum atomic E-state index is 6.47. The van der Waals surface area contributed by atoms with E-state index in [0.29, 0.717) is 5.84 Å². The number of amidine groups is 1. The van der Waals surface area contributed by atoms with Gasteiger partial charge in [-0.15, -0.1) is 6.58 Å². The van der Waals surface area contributed by atoms with E-state index >= 15 is 0 Å². The number of benzene rings is 5. The van der Waals surface area contributed by atoms with Crippen LogP contribution in [-0.2, 0) is 6.42 Å². The Balaban J connectivity index is 1.82. The summed E-state index contributed by atoms with van der Waals surface area (Å²) in [4.78, 5) is 4.93. The molecule has 0 spiro atoms. The molecular weight excluding hydrogens is 424 g/mol. The molecule has 0 bridgehead atoms. The fourth-order valence-electron chi connectivity index (χ4n) is 4.78. The van der Waals surface area contributed by atoms with Gasteiger partial charge in [0, 0.05) is 11.1 Å². The molecule has 0 aliphatic rings. The zero-order valence-corrected chi connectivity index (χ0v) is 19.9. The summed E-state index contributed by atoms with van der Waals surface area (Å²) in [5.74, 6) is 0.506. The van der Waals surface area contributed by atoms with Crippen LogP contribution in [-0.4, -0.2) is 5.84 Å². The quantitative estimate of drug-likeness (QED) is 0.120. The van der Waals surface area contributed by atoms with Crippen LogP contribution in [0.15, 0.2) is 127 Å². The summed E-state index contributed by atoms with van der Waals surface area (Å²) in [6.45, 7) is 6.07. The van der Waals surface area contributed by atoms with Crippen molar-refractivity contribution in [2.75, 3.05) is 0 Å². The van der Waals surface area contributed by atoms with Gasteiger partial charge in [-0.25, -0.2) is 4.99 Å². The van der Waals surface area contributed by atoms with Gasteiger partial charge in [0.1, 0.15) is 5.84 Å². The Labute approximate surface area is 206 Å². The highest BCUT2D eigenvalue weighted by atomic mass is 14.9. The Morgan fingerprint density at radius 2 is 1.37 bits per heavy atom. The van der Waals surface area contributed by atoms with Gasteiger partial charge in [0.05, 0.1) is 5.70 Å². The Kier molecular flexibility index (Phi) is 6.28. The standard InChI is InChI=1S/C33H28N2/c1-3-13-26-27-18-11-12-19-28(27)32(31(4-2)35-33(34)24-16-9-6-10-17-24)29-21-20-25(22-30(26)29)23-14-7-5-8-15-23/h3-12,14-22H,1,13H2,2H3,(H2,34,35)/b31-4-. The minimum absolute atomic E-state index is 0.506. The van der Waals surface area contributed by atoms with Gasteiger partial charge in [0.25, 0.3) is 0 Å². The lowest BCUT2D eigenvalue weighted by molar-refractivity contribution is 1.33. The highest BCUT2D eigenvalue weighted by Gasteiger charge is 2.17. The lowest BCUT2D eigenvalue weighted by Gasteiger charge is -2.18. The monoisotopic (exact) mass is 452 g/mol. The summed E-state index contributed by atoms with van der Waals surface area (Å²) in [5, 5.41) is 4.76. The first-order chi connectivity index (χ1) is 17.2. The molecule has 5 rings (SSSR count). The van der Waals surface area contributed by atoms with E-state index in [9.17, 15) is 0 Å². The van der Waals surface area contributed by atoms with Gasteiger partial charge in [-0.2, -0.15) is 0 Å². The lowest BCUT2D eigenvalue weighted by atomic mass is 9.87. The van der Waals surface area contributed by atoms with Crippen LogP contribution < -0.4 is 5.73 Å². The predicted octanol–water partition coefficient (Wildman–Crippen LogP) is 8.15. The van der Waals surface area contributed by atoms with E-state index in [0.717, 1.165) is 28.6 Å². The van der Waals surface area contributed by atoms with Crippen molar-refractivity contribution in [2.24, 2.45) is 10.7 Å². The Hall–Kier alpha value is -4.43. The molecule has 0 atom stereocenters. The highest BCUT2D eigenvalue weighted by Crippen LogP contribution is 2.39. The maximum absolute atomic E-state index is 6.47. The van der Waals surface area contributed by atoms with Crippen LogP contribution in [0, 0.1) is 0 Å². The van der Waals surface area contributed by atoms with Crippen LogP contribution in [0.1, 0.15) is 23.6 Å². The Morgan fingerprint density at radius 1 is 0.743 bits per heavy atom. The molecule has 0 saturated heterocycles. The third-order valence-electron chi connectivity index (χ3n) is 6.43. The number of fused-ring (bicyclic) bond motifs is 2. The molecule has 170 valence electrons. The first-order valence-electron chi connectivity index (χ1n) is 11.9. The van der Waals surface area contributed by atoms with Crippen molar-refractivity contribution in [3.8, 4) is 11.1 Å². The van der Waals surface area contributed by atoms with Crippen molar-refractivity contribution in [3.63, 3.8) is 0 Å². The van der Waals surface area contributed by atoms with Gasteiger partial charge in [-0.05, 0) is 57.6 Å². The van der Waals surface area contributed by atoms with Crippen LogP contribution in [0.25, 0.3) is 38.4 Å². The summed E-state index contributed by atoms with van der Waals surface area (Å²) >= 11 is 0. The molecule has 0 aliphatic carbocycles. The second-order valence-corrected chi connectivity index (χ2v) is 8.56. The summed E-state index contributed by atoms with van der Waals surface area (Å²) in [6, 6.07) is 35.7. The van der Waals surface area contributed by atoms with Crippen molar-refractivity contribution >= 4 is 33.1 Å². The molecule has 35 heavy (non-hydrogen) atoms. The molecule has 0 fully saturated rings. The van der Waals surface area contributed by atoms with Gasteiger partial charge >= 0.3 is 0 Å².